The van der Waals surface area contributed by atoms with Gasteiger partial charge in [-0.1, -0.05) is 42.5 Å². The Balaban J connectivity index is 0.000000956. The van der Waals surface area contributed by atoms with Crippen molar-refractivity contribution in [2.24, 2.45) is 0 Å². The van der Waals surface area contributed by atoms with E-state index >= 15 is 0 Å². The third-order valence-corrected chi connectivity index (χ3v) is 2.95. The molecular weight excluding hydrogens is 259 g/mol. The molecule has 3 nitrogen and oxygen atoms in total. The first-order valence-electron chi connectivity index (χ1n) is 6.12. The number of aliphatic carboxylic acids is 1. The van der Waals surface area contributed by atoms with E-state index in [2.05, 4.69) is 0 Å². The minimum atomic E-state index is -0.957. The molecule has 0 radical (unpaired) electrons. The summed E-state index contributed by atoms with van der Waals surface area (Å²) in [5, 5.41) is 15.9. The second kappa shape index (κ2) is 7.40. The molecular formula is C16H17FO3. The monoisotopic (exact) mass is 276 g/mol. The fourth-order valence-electron chi connectivity index (χ4n) is 1.80. The molecule has 2 aromatic carbocycles. The van der Waals surface area contributed by atoms with E-state index in [1.54, 1.807) is 19.1 Å². The molecule has 0 saturated carbocycles. The Labute approximate surface area is 117 Å². The number of halogens is 1. The van der Waals surface area contributed by atoms with Crippen LogP contribution in [0, 0.1) is 5.82 Å². The number of carboxylic acid groups (broad SMARTS) is 1. The van der Waals surface area contributed by atoms with Crippen molar-refractivity contribution in [1.82, 2.24) is 0 Å². The highest BCUT2D eigenvalue weighted by molar-refractivity contribution is 5.76. The normalized spacial score (nSPS) is 11.2. The van der Waals surface area contributed by atoms with E-state index in [1.807, 2.05) is 30.3 Å². The van der Waals surface area contributed by atoms with Crippen LogP contribution in [0.25, 0.3) is 11.1 Å². The lowest BCUT2D eigenvalue weighted by molar-refractivity contribution is -0.138. The van der Waals surface area contributed by atoms with Crippen LogP contribution in [0.3, 0.4) is 0 Å². The molecule has 106 valence electrons. The minimum absolute atomic E-state index is 0.396. The first kappa shape index (κ1) is 15.9. The minimum Gasteiger partial charge on any atom is -0.481 e. The third-order valence-electron chi connectivity index (χ3n) is 2.95. The topological polar surface area (TPSA) is 57.5 Å². The highest BCUT2D eigenvalue weighted by atomic mass is 19.1. The van der Waals surface area contributed by atoms with Crippen LogP contribution < -0.4 is 0 Å². The van der Waals surface area contributed by atoms with E-state index in [0.717, 1.165) is 12.7 Å². The van der Waals surface area contributed by atoms with Crippen molar-refractivity contribution >= 4 is 5.97 Å². The summed E-state index contributed by atoms with van der Waals surface area (Å²) < 4.78 is 14.0. The Bertz CT molecular complexity index is 567. The van der Waals surface area contributed by atoms with Crippen molar-refractivity contribution in [3.05, 3.63) is 59.9 Å². The van der Waals surface area contributed by atoms with E-state index < -0.39 is 17.7 Å². The van der Waals surface area contributed by atoms with Gasteiger partial charge in [0.05, 0.1) is 5.92 Å². The molecule has 0 fully saturated rings. The van der Waals surface area contributed by atoms with Crippen molar-refractivity contribution < 1.29 is 19.4 Å². The van der Waals surface area contributed by atoms with Gasteiger partial charge in [0.15, 0.2) is 0 Å². The molecule has 0 aliphatic rings. The molecule has 0 heterocycles. The van der Waals surface area contributed by atoms with Gasteiger partial charge in [-0.15, -0.1) is 0 Å². The predicted octanol–water partition coefficient (Wildman–Crippen LogP) is 3.29. The van der Waals surface area contributed by atoms with Crippen molar-refractivity contribution in [3.8, 4) is 11.1 Å². The number of rotatable bonds is 3. The summed E-state index contributed by atoms with van der Waals surface area (Å²) in [6.07, 6.45) is 0. The summed E-state index contributed by atoms with van der Waals surface area (Å²) in [6, 6.07) is 13.7. The number of aliphatic hydroxyl groups excluding tert-OH is 1. The lowest BCUT2D eigenvalue weighted by Crippen LogP contribution is -2.07. The summed E-state index contributed by atoms with van der Waals surface area (Å²) in [5.41, 5.74) is 1.74. The molecule has 0 aliphatic heterocycles. The van der Waals surface area contributed by atoms with Crippen molar-refractivity contribution in [3.63, 3.8) is 0 Å². The smallest absolute Gasteiger partial charge is 0.310 e. The predicted molar refractivity (Wildman–Crippen MR) is 76.0 cm³/mol. The molecule has 0 aromatic heterocycles. The summed E-state index contributed by atoms with van der Waals surface area (Å²) >= 11 is 0. The van der Waals surface area contributed by atoms with Gasteiger partial charge in [0.25, 0.3) is 0 Å². The van der Waals surface area contributed by atoms with E-state index in [4.69, 9.17) is 10.2 Å². The number of hydrogen-bond acceptors (Lipinski definition) is 2. The molecule has 0 aliphatic carbocycles. The summed E-state index contributed by atoms with van der Waals surface area (Å²) in [6.45, 7) is 1.54. The fourth-order valence-corrected chi connectivity index (χ4v) is 1.80. The molecule has 0 saturated heterocycles. The molecule has 0 spiro atoms. The number of carbonyl (C=O) groups is 1. The molecule has 2 aromatic rings. The van der Waals surface area contributed by atoms with Gasteiger partial charge in [-0.2, -0.15) is 0 Å². The van der Waals surface area contributed by atoms with Crippen LogP contribution in [-0.2, 0) is 4.79 Å². The Morgan fingerprint density at radius 2 is 1.70 bits per heavy atom. The SMILES string of the molecule is CC(C(=O)O)c1ccc(-c2ccccc2)c(F)c1.CO. The maximum atomic E-state index is 14.0. The van der Waals surface area contributed by atoms with E-state index in [0.29, 0.717) is 11.1 Å². The van der Waals surface area contributed by atoms with E-state index in [1.165, 1.54) is 6.07 Å². The lowest BCUT2D eigenvalue weighted by Gasteiger charge is -2.09. The average molecular weight is 276 g/mol. The Morgan fingerprint density at radius 1 is 1.10 bits per heavy atom. The largest absolute Gasteiger partial charge is 0.481 e. The van der Waals surface area contributed by atoms with Crippen LogP contribution >= 0.6 is 0 Å². The average Bonchev–Trinajstić information content (AvgIpc) is 2.49. The van der Waals surface area contributed by atoms with Crippen molar-refractivity contribution in [2.45, 2.75) is 12.8 Å². The lowest BCUT2D eigenvalue weighted by atomic mass is 9.97. The third kappa shape index (κ3) is 3.65. The van der Waals surface area contributed by atoms with Crippen LogP contribution in [0.2, 0.25) is 0 Å². The van der Waals surface area contributed by atoms with Crippen LogP contribution in [0.4, 0.5) is 4.39 Å². The molecule has 4 heteroatoms. The standard InChI is InChI=1S/C15H13FO2.CH4O/c1-10(15(17)18)12-7-8-13(14(16)9-12)11-5-3-2-4-6-11;1-2/h2-10H,1H3,(H,17,18);2H,1H3. The Hall–Kier alpha value is -2.20. The van der Waals surface area contributed by atoms with Gasteiger partial charge in [-0.25, -0.2) is 4.39 Å². The maximum Gasteiger partial charge on any atom is 0.310 e. The number of aliphatic hydroxyl groups is 1. The molecule has 0 amide bonds. The van der Waals surface area contributed by atoms with Gasteiger partial charge in [-0.3, -0.25) is 4.79 Å². The molecule has 0 bridgehead atoms. The van der Waals surface area contributed by atoms with Crippen molar-refractivity contribution in [2.75, 3.05) is 7.11 Å². The molecule has 2 rings (SSSR count). The zero-order valence-electron chi connectivity index (χ0n) is 11.4. The summed E-state index contributed by atoms with van der Waals surface area (Å²) in [7, 11) is 1.00. The summed E-state index contributed by atoms with van der Waals surface area (Å²) in [5.74, 6) is -2.06. The molecule has 1 unspecified atom stereocenters. The Kier molecular flexibility index (Phi) is 5.87. The van der Waals surface area contributed by atoms with Crippen LogP contribution in [0.15, 0.2) is 48.5 Å². The molecule has 2 N–H and O–H groups in total. The second-order valence-electron chi connectivity index (χ2n) is 4.17. The first-order valence-corrected chi connectivity index (χ1v) is 6.12. The second-order valence-corrected chi connectivity index (χ2v) is 4.17. The van der Waals surface area contributed by atoms with Crippen LogP contribution in [0.5, 0.6) is 0 Å². The van der Waals surface area contributed by atoms with Gasteiger partial charge in [0.1, 0.15) is 5.82 Å². The number of benzene rings is 2. The van der Waals surface area contributed by atoms with Gasteiger partial charge in [-0.05, 0) is 24.1 Å². The van der Waals surface area contributed by atoms with Gasteiger partial charge in [0.2, 0.25) is 0 Å². The van der Waals surface area contributed by atoms with Gasteiger partial charge >= 0.3 is 5.97 Å². The first-order chi connectivity index (χ1) is 9.59. The van der Waals surface area contributed by atoms with Gasteiger partial charge < -0.3 is 10.2 Å². The molecule has 1 atom stereocenters. The molecule has 20 heavy (non-hydrogen) atoms. The number of hydrogen-bond donors (Lipinski definition) is 2. The Morgan fingerprint density at radius 3 is 2.20 bits per heavy atom. The zero-order valence-corrected chi connectivity index (χ0v) is 11.4. The fraction of sp³-hybridized carbons (Fsp3) is 0.188. The van der Waals surface area contributed by atoms with Crippen LogP contribution in [0.1, 0.15) is 18.4 Å². The van der Waals surface area contributed by atoms with Crippen LogP contribution in [-0.4, -0.2) is 23.3 Å². The van der Waals surface area contributed by atoms with E-state index in [9.17, 15) is 9.18 Å². The van der Waals surface area contributed by atoms with Gasteiger partial charge in [0, 0.05) is 12.7 Å². The van der Waals surface area contributed by atoms with Crippen molar-refractivity contribution in [1.29, 1.82) is 0 Å². The quantitative estimate of drug-likeness (QED) is 0.904. The maximum absolute atomic E-state index is 14.0. The zero-order chi connectivity index (χ0) is 15.1. The summed E-state index contributed by atoms with van der Waals surface area (Å²) in [4.78, 5) is 10.8. The number of carboxylic acids is 1. The highest BCUT2D eigenvalue weighted by Crippen LogP contribution is 2.26. The van der Waals surface area contributed by atoms with E-state index in [-0.39, 0.29) is 0 Å². The highest BCUT2D eigenvalue weighted by Gasteiger charge is 2.15.